The summed E-state index contributed by atoms with van der Waals surface area (Å²) in [7, 11) is 0. The molecule has 3 aromatic rings. The molecule has 0 saturated carbocycles. The molecule has 0 aliphatic carbocycles. The summed E-state index contributed by atoms with van der Waals surface area (Å²) in [5.74, 6) is 0. The fourth-order valence-electron chi connectivity index (χ4n) is 1.97. The summed E-state index contributed by atoms with van der Waals surface area (Å²) in [5.41, 5.74) is 3.07. The van der Waals surface area contributed by atoms with Crippen molar-refractivity contribution in [1.82, 2.24) is 9.97 Å². The number of para-hydroxylation sites is 1. The maximum atomic E-state index is 4.43. The van der Waals surface area contributed by atoms with E-state index in [4.69, 9.17) is 0 Å². The summed E-state index contributed by atoms with van der Waals surface area (Å²) in [5, 5.41) is 1.16. The van der Waals surface area contributed by atoms with Gasteiger partial charge in [-0.25, -0.2) is 0 Å². The zero-order chi connectivity index (χ0) is 13.6. The van der Waals surface area contributed by atoms with E-state index in [1.807, 2.05) is 66.9 Å². The third-order valence-electron chi connectivity index (χ3n) is 2.97. The Morgan fingerprint density at radius 2 is 1.65 bits per heavy atom. The van der Waals surface area contributed by atoms with Gasteiger partial charge in [0.2, 0.25) is 0 Å². The van der Waals surface area contributed by atoms with Crippen molar-refractivity contribution in [2.24, 2.45) is 0 Å². The highest BCUT2D eigenvalue weighted by molar-refractivity contribution is 5.80. The first kappa shape index (κ1) is 12.3. The summed E-state index contributed by atoms with van der Waals surface area (Å²) in [6, 6.07) is 16.1. The van der Waals surface area contributed by atoms with Gasteiger partial charge in [-0.05, 0) is 35.9 Å². The molecule has 2 heteroatoms. The molecule has 0 saturated heterocycles. The van der Waals surface area contributed by atoms with Gasteiger partial charge in [0.15, 0.2) is 0 Å². The van der Waals surface area contributed by atoms with E-state index in [0.29, 0.717) is 0 Å². The van der Waals surface area contributed by atoms with E-state index in [9.17, 15) is 0 Å². The smallest absolute Gasteiger partial charge is 0.0702 e. The molecule has 0 aliphatic rings. The molecule has 0 radical (unpaired) electrons. The highest BCUT2D eigenvalue weighted by Crippen LogP contribution is 2.13. The Morgan fingerprint density at radius 3 is 2.55 bits per heavy atom. The van der Waals surface area contributed by atoms with Crippen LogP contribution in [0.3, 0.4) is 0 Å². The SMILES string of the molecule is C(C=Cc1ccccn1)=Cc1cnc2ccccc2c1. The molecule has 0 bridgehead atoms. The van der Waals surface area contributed by atoms with Gasteiger partial charge in [-0.15, -0.1) is 0 Å². The minimum Gasteiger partial charge on any atom is -0.257 e. The van der Waals surface area contributed by atoms with E-state index < -0.39 is 0 Å². The topological polar surface area (TPSA) is 25.8 Å². The van der Waals surface area contributed by atoms with E-state index in [-0.39, 0.29) is 0 Å². The Balaban J connectivity index is 1.76. The van der Waals surface area contributed by atoms with Gasteiger partial charge in [-0.3, -0.25) is 9.97 Å². The molecule has 96 valence electrons. The number of nitrogens with zero attached hydrogens (tertiary/aromatic N) is 2. The quantitative estimate of drug-likeness (QED) is 0.652. The Hall–Kier alpha value is -2.74. The van der Waals surface area contributed by atoms with Gasteiger partial charge in [0.1, 0.15) is 0 Å². The van der Waals surface area contributed by atoms with E-state index in [0.717, 1.165) is 22.2 Å². The number of fused-ring (bicyclic) bond motifs is 1. The largest absolute Gasteiger partial charge is 0.257 e. The molecule has 0 unspecified atom stereocenters. The third kappa shape index (κ3) is 2.98. The maximum absolute atomic E-state index is 4.43. The van der Waals surface area contributed by atoms with Gasteiger partial charge in [0.05, 0.1) is 11.2 Å². The van der Waals surface area contributed by atoms with Crippen molar-refractivity contribution in [2.75, 3.05) is 0 Å². The van der Waals surface area contributed by atoms with Gasteiger partial charge in [-0.1, -0.05) is 42.5 Å². The molecule has 20 heavy (non-hydrogen) atoms. The number of benzene rings is 1. The predicted molar refractivity (Wildman–Crippen MR) is 84.0 cm³/mol. The zero-order valence-electron chi connectivity index (χ0n) is 11.0. The predicted octanol–water partition coefficient (Wildman–Crippen LogP) is 4.36. The summed E-state index contributed by atoms with van der Waals surface area (Å²) < 4.78 is 0. The van der Waals surface area contributed by atoms with Crippen LogP contribution >= 0.6 is 0 Å². The number of rotatable bonds is 3. The number of hydrogen-bond donors (Lipinski definition) is 0. The molecular weight excluding hydrogens is 244 g/mol. The minimum absolute atomic E-state index is 0.953. The average molecular weight is 258 g/mol. The van der Waals surface area contributed by atoms with Gasteiger partial charge >= 0.3 is 0 Å². The van der Waals surface area contributed by atoms with Crippen molar-refractivity contribution in [1.29, 1.82) is 0 Å². The molecule has 0 atom stereocenters. The van der Waals surface area contributed by atoms with Crippen LogP contribution in [-0.4, -0.2) is 9.97 Å². The summed E-state index contributed by atoms with van der Waals surface area (Å²) in [6.07, 6.45) is 11.7. The van der Waals surface area contributed by atoms with E-state index in [1.54, 1.807) is 6.20 Å². The number of aromatic nitrogens is 2. The molecule has 0 aliphatic heterocycles. The highest BCUT2D eigenvalue weighted by atomic mass is 14.7. The molecule has 0 N–H and O–H groups in total. The van der Waals surface area contributed by atoms with Gasteiger partial charge in [-0.2, -0.15) is 0 Å². The van der Waals surface area contributed by atoms with Crippen LogP contribution in [0.5, 0.6) is 0 Å². The van der Waals surface area contributed by atoms with Crippen molar-refractivity contribution in [2.45, 2.75) is 0 Å². The molecule has 2 aromatic heterocycles. The lowest BCUT2D eigenvalue weighted by Crippen LogP contribution is -1.80. The fourth-order valence-corrected chi connectivity index (χ4v) is 1.97. The fraction of sp³-hybridized carbons (Fsp3) is 0. The average Bonchev–Trinajstić information content (AvgIpc) is 2.52. The molecule has 0 spiro atoms. The van der Waals surface area contributed by atoms with E-state index in [2.05, 4.69) is 22.1 Å². The summed E-state index contributed by atoms with van der Waals surface area (Å²) in [6.45, 7) is 0. The second-order valence-corrected chi connectivity index (χ2v) is 4.43. The first-order valence-corrected chi connectivity index (χ1v) is 6.52. The molecule has 0 fully saturated rings. The Bertz CT molecular complexity index is 758. The van der Waals surface area contributed by atoms with Crippen molar-refractivity contribution in [3.63, 3.8) is 0 Å². The molecule has 2 heterocycles. The van der Waals surface area contributed by atoms with Crippen molar-refractivity contribution in [3.8, 4) is 0 Å². The Morgan fingerprint density at radius 1 is 0.800 bits per heavy atom. The van der Waals surface area contributed by atoms with Gasteiger partial charge in [0, 0.05) is 17.8 Å². The first-order valence-electron chi connectivity index (χ1n) is 6.52. The van der Waals surface area contributed by atoms with Crippen LogP contribution in [0.2, 0.25) is 0 Å². The van der Waals surface area contributed by atoms with E-state index >= 15 is 0 Å². The second-order valence-electron chi connectivity index (χ2n) is 4.43. The first-order chi connectivity index (χ1) is 9.92. The maximum Gasteiger partial charge on any atom is 0.0702 e. The van der Waals surface area contributed by atoms with Crippen LogP contribution in [0.25, 0.3) is 23.1 Å². The zero-order valence-corrected chi connectivity index (χ0v) is 11.0. The van der Waals surface area contributed by atoms with Crippen molar-refractivity contribution >= 4 is 23.1 Å². The molecular formula is C18H14N2. The van der Waals surface area contributed by atoms with Gasteiger partial charge in [0.25, 0.3) is 0 Å². The molecule has 2 nitrogen and oxygen atoms in total. The highest BCUT2D eigenvalue weighted by Gasteiger charge is 1.93. The summed E-state index contributed by atoms with van der Waals surface area (Å²) >= 11 is 0. The lowest BCUT2D eigenvalue weighted by molar-refractivity contribution is 1.30. The summed E-state index contributed by atoms with van der Waals surface area (Å²) in [4.78, 5) is 8.66. The molecule has 0 amide bonds. The number of pyridine rings is 2. The lowest BCUT2D eigenvalue weighted by Gasteiger charge is -1.97. The standard InChI is InChI=1S/C18H14N2/c1(3-9-17-10-5-6-12-19-17)7-15-13-16-8-2-4-11-18(16)20-14-15/h1-14H. The third-order valence-corrected chi connectivity index (χ3v) is 2.97. The Kier molecular flexibility index (Phi) is 3.65. The number of hydrogen-bond acceptors (Lipinski definition) is 2. The van der Waals surface area contributed by atoms with Crippen molar-refractivity contribution < 1.29 is 0 Å². The molecule has 3 rings (SSSR count). The van der Waals surface area contributed by atoms with Crippen LogP contribution in [0.1, 0.15) is 11.3 Å². The van der Waals surface area contributed by atoms with E-state index in [1.165, 1.54) is 0 Å². The lowest BCUT2D eigenvalue weighted by atomic mass is 10.1. The van der Waals surface area contributed by atoms with Crippen LogP contribution in [0.4, 0.5) is 0 Å². The van der Waals surface area contributed by atoms with Crippen LogP contribution in [-0.2, 0) is 0 Å². The molecule has 1 aromatic carbocycles. The minimum atomic E-state index is 0.953. The van der Waals surface area contributed by atoms with Crippen LogP contribution < -0.4 is 0 Å². The van der Waals surface area contributed by atoms with Crippen molar-refractivity contribution in [3.05, 3.63) is 84.3 Å². The second kappa shape index (κ2) is 5.93. The monoisotopic (exact) mass is 258 g/mol. The van der Waals surface area contributed by atoms with Gasteiger partial charge < -0.3 is 0 Å². The van der Waals surface area contributed by atoms with Crippen LogP contribution in [0.15, 0.2) is 73.1 Å². The Labute approximate surface area is 118 Å². The normalized spacial score (nSPS) is 11.6. The van der Waals surface area contributed by atoms with Crippen LogP contribution in [0, 0.1) is 0 Å². The number of allylic oxidation sites excluding steroid dienone is 2.